The van der Waals surface area contributed by atoms with E-state index in [4.69, 9.17) is 0 Å². The van der Waals surface area contributed by atoms with Crippen molar-refractivity contribution in [2.75, 3.05) is 7.05 Å². The molecule has 21 heavy (non-hydrogen) atoms. The van der Waals surface area contributed by atoms with E-state index in [1.54, 1.807) is 19.3 Å². The summed E-state index contributed by atoms with van der Waals surface area (Å²) >= 11 is 0. The molecule has 0 aliphatic carbocycles. The van der Waals surface area contributed by atoms with Crippen LogP contribution >= 0.6 is 0 Å². The molecule has 1 aromatic carbocycles. The van der Waals surface area contributed by atoms with Gasteiger partial charge in [0.2, 0.25) is 0 Å². The maximum absolute atomic E-state index is 13.2. The van der Waals surface area contributed by atoms with E-state index in [1.165, 1.54) is 6.07 Å². The fourth-order valence-corrected chi connectivity index (χ4v) is 2.00. The third kappa shape index (κ3) is 3.70. The smallest absolute Gasteiger partial charge is 0.179 e. The highest BCUT2D eigenvalue weighted by Gasteiger charge is 2.20. The number of carbonyl (C=O) groups excluding carboxylic acids is 1. The highest BCUT2D eigenvalue weighted by molar-refractivity contribution is 5.99. The van der Waals surface area contributed by atoms with Gasteiger partial charge in [-0.05, 0) is 49.9 Å². The Bertz CT molecular complexity index is 631. The molecule has 0 radical (unpaired) electrons. The van der Waals surface area contributed by atoms with Crippen molar-refractivity contribution < 1.29 is 13.6 Å². The summed E-state index contributed by atoms with van der Waals surface area (Å²) in [4.78, 5) is 18.1. The molecule has 1 heterocycles. The number of Topliss-reactive ketones (excluding diaryl/α,β-unsaturated/α-hetero) is 1. The minimum atomic E-state index is -1.01. The van der Waals surface area contributed by atoms with Crippen molar-refractivity contribution in [1.29, 1.82) is 0 Å². The number of hydrogen-bond acceptors (Lipinski definition) is 3. The molecule has 0 aliphatic heterocycles. The number of hydrogen-bond donors (Lipinski definition) is 0. The maximum atomic E-state index is 13.2. The minimum absolute atomic E-state index is 0.169. The summed E-state index contributed by atoms with van der Waals surface area (Å²) in [5.41, 5.74) is 1.19. The lowest BCUT2D eigenvalue weighted by Crippen LogP contribution is -2.35. The first kappa shape index (κ1) is 15.3. The molecule has 0 amide bonds. The predicted molar refractivity (Wildman–Crippen MR) is 75.9 cm³/mol. The summed E-state index contributed by atoms with van der Waals surface area (Å²) < 4.78 is 26.1. The zero-order valence-electron chi connectivity index (χ0n) is 11.9. The molecule has 1 atom stereocenters. The number of benzene rings is 1. The number of halogens is 2. The number of likely N-dealkylation sites (N-methyl/N-ethyl adjacent to an activating group) is 1. The van der Waals surface area contributed by atoms with E-state index in [0.717, 1.165) is 17.7 Å². The second-order valence-electron chi connectivity index (χ2n) is 4.94. The Morgan fingerprint density at radius 3 is 2.48 bits per heavy atom. The number of nitrogens with zero attached hydrogens (tertiary/aromatic N) is 2. The molecule has 2 aromatic rings. The van der Waals surface area contributed by atoms with Crippen LogP contribution < -0.4 is 0 Å². The molecule has 0 spiro atoms. The summed E-state index contributed by atoms with van der Waals surface area (Å²) in [5, 5.41) is 0. The predicted octanol–water partition coefficient (Wildman–Crippen LogP) is 3.06. The van der Waals surface area contributed by atoms with Crippen LogP contribution in [0.25, 0.3) is 0 Å². The largest absolute Gasteiger partial charge is 0.292 e. The fraction of sp³-hybridized carbons (Fsp3) is 0.250. The van der Waals surface area contributed by atoms with Crippen LogP contribution in [0.5, 0.6) is 0 Å². The van der Waals surface area contributed by atoms with Gasteiger partial charge in [0.25, 0.3) is 0 Å². The standard InChI is InChI=1S/C16H16F2N2O/c1-11(20(2)10-12-5-7-19-8-6-12)16(21)13-3-4-14(17)15(18)9-13/h3-9,11H,10H2,1-2H3. The monoisotopic (exact) mass is 290 g/mol. The van der Waals surface area contributed by atoms with Crippen LogP contribution in [-0.2, 0) is 6.54 Å². The van der Waals surface area contributed by atoms with Crippen molar-refractivity contribution in [2.24, 2.45) is 0 Å². The quantitative estimate of drug-likeness (QED) is 0.793. The van der Waals surface area contributed by atoms with Crippen LogP contribution in [-0.4, -0.2) is 28.8 Å². The molecule has 0 bridgehead atoms. The van der Waals surface area contributed by atoms with Crippen molar-refractivity contribution in [3.8, 4) is 0 Å². The Kier molecular flexibility index (Phi) is 4.75. The summed E-state index contributed by atoms with van der Waals surface area (Å²) in [6.45, 7) is 2.31. The number of aromatic nitrogens is 1. The van der Waals surface area contributed by atoms with Crippen molar-refractivity contribution in [2.45, 2.75) is 19.5 Å². The van der Waals surface area contributed by atoms with Crippen LogP contribution in [0.15, 0.2) is 42.7 Å². The maximum Gasteiger partial charge on any atom is 0.179 e. The lowest BCUT2D eigenvalue weighted by Gasteiger charge is -2.23. The zero-order valence-corrected chi connectivity index (χ0v) is 11.9. The first-order chi connectivity index (χ1) is 9.99. The van der Waals surface area contributed by atoms with Crippen LogP contribution in [0, 0.1) is 11.6 Å². The van der Waals surface area contributed by atoms with Gasteiger partial charge in [-0.3, -0.25) is 14.7 Å². The molecule has 2 rings (SSSR count). The van der Waals surface area contributed by atoms with Crippen molar-refractivity contribution in [3.05, 3.63) is 65.5 Å². The van der Waals surface area contributed by atoms with Crippen LogP contribution in [0.2, 0.25) is 0 Å². The average molecular weight is 290 g/mol. The molecular formula is C16H16F2N2O. The summed E-state index contributed by atoms with van der Waals surface area (Å²) in [7, 11) is 1.81. The molecule has 0 saturated heterocycles. The molecule has 0 saturated carbocycles. The first-order valence-electron chi connectivity index (χ1n) is 6.57. The van der Waals surface area contributed by atoms with E-state index >= 15 is 0 Å². The van der Waals surface area contributed by atoms with E-state index in [2.05, 4.69) is 4.98 Å². The molecule has 3 nitrogen and oxygen atoms in total. The number of rotatable bonds is 5. The lowest BCUT2D eigenvalue weighted by molar-refractivity contribution is 0.0861. The summed E-state index contributed by atoms with van der Waals surface area (Å²) in [5.74, 6) is -2.21. The Morgan fingerprint density at radius 2 is 1.86 bits per heavy atom. The third-order valence-corrected chi connectivity index (χ3v) is 3.43. The highest BCUT2D eigenvalue weighted by Crippen LogP contribution is 2.14. The van der Waals surface area contributed by atoms with Crippen molar-refractivity contribution in [1.82, 2.24) is 9.88 Å². The van der Waals surface area contributed by atoms with Gasteiger partial charge in [-0.1, -0.05) is 0 Å². The third-order valence-electron chi connectivity index (χ3n) is 3.43. The Morgan fingerprint density at radius 1 is 1.19 bits per heavy atom. The molecule has 110 valence electrons. The van der Waals surface area contributed by atoms with Gasteiger partial charge >= 0.3 is 0 Å². The van der Waals surface area contributed by atoms with Crippen molar-refractivity contribution >= 4 is 5.78 Å². The van der Waals surface area contributed by atoms with Gasteiger partial charge in [0, 0.05) is 24.5 Å². The zero-order chi connectivity index (χ0) is 15.4. The summed E-state index contributed by atoms with van der Waals surface area (Å²) in [6.07, 6.45) is 3.37. The van der Waals surface area contributed by atoms with Gasteiger partial charge in [0.15, 0.2) is 17.4 Å². The second kappa shape index (κ2) is 6.54. The molecule has 0 aliphatic rings. The van der Waals surface area contributed by atoms with Crippen molar-refractivity contribution in [3.63, 3.8) is 0 Å². The van der Waals surface area contributed by atoms with Gasteiger partial charge in [0.05, 0.1) is 6.04 Å². The SMILES string of the molecule is CC(C(=O)c1ccc(F)c(F)c1)N(C)Cc1ccncc1. The molecule has 1 unspecified atom stereocenters. The highest BCUT2D eigenvalue weighted by atomic mass is 19.2. The van der Waals surface area contributed by atoms with E-state index in [1.807, 2.05) is 24.1 Å². The van der Waals surface area contributed by atoms with Gasteiger partial charge in [0.1, 0.15) is 0 Å². The molecule has 0 N–H and O–H groups in total. The fourth-order valence-electron chi connectivity index (χ4n) is 2.00. The van der Waals surface area contributed by atoms with E-state index in [-0.39, 0.29) is 11.3 Å². The van der Waals surface area contributed by atoms with Crippen LogP contribution in [0.1, 0.15) is 22.8 Å². The number of ketones is 1. The van der Waals surface area contributed by atoms with E-state index in [0.29, 0.717) is 6.54 Å². The lowest BCUT2D eigenvalue weighted by atomic mass is 10.0. The normalized spacial score (nSPS) is 12.4. The van der Waals surface area contributed by atoms with E-state index < -0.39 is 17.7 Å². The van der Waals surface area contributed by atoms with Gasteiger partial charge in [-0.15, -0.1) is 0 Å². The van der Waals surface area contributed by atoms with Gasteiger partial charge in [-0.25, -0.2) is 8.78 Å². The van der Waals surface area contributed by atoms with Gasteiger partial charge in [-0.2, -0.15) is 0 Å². The Hall–Kier alpha value is -2.14. The Labute approximate surface area is 122 Å². The van der Waals surface area contributed by atoms with E-state index in [9.17, 15) is 13.6 Å². The Balaban J connectivity index is 2.09. The number of pyridine rings is 1. The molecule has 1 aromatic heterocycles. The topological polar surface area (TPSA) is 33.2 Å². The first-order valence-corrected chi connectivity index (χ1v) is 6.57. The van der Waals surface area contributed by atoms with Gasteiger partial charge < -0.3 is 0 Å². The second-order valence-corrected chi connectivity index (χ2v) is 4.94. The molecule has 5 heteroatoms. The number of carbonyl (C=O) groups is 1. The average Bonchev–Trinajstić information content (AvgIpc) is 2.49. The molecule has 0 fully saturated rings. The summed E-state index contributed by atoms with van der Waals surface area (Å²) in [6, 6.07) is 6.50. The van der Waals surface area contributed by atoms with Crippen LogP contribution in [0.4, 0.5) is 8.78 Å². The minimum Gasteiger partial charge on any atom is -0.292 e. The molecular weight excluding hydrogens is 274 g/mol. The van der Waals surface area contributed by atoms with Crippen LogP contribution in [0.3, 0.4) is 0 Å².